The molecule has 0 saturated heterocycles. The van der Waals surface area contributed by atoms with Crippen molar-refractivity contribution in [2.45, 2.75) is 33.1 Å². The number of allylic oxidation sites excluding steroid dienone is 1. The van der Waals surface area contributed by atoms with Crippen LogP contribution >= 0.6 is 0 Å². The van der Waals surface area contributed by atoms with Crippen molar-refractivity contribution in [3.63, 3.8) is 0 Å². The first-order valence-electron chi connectivity index (χ1n) is 3.98. The molecular formula is C8H15NO3. The molecule has 0 aromatic carbocycles. The van der Waals surface area contributed by atoms with Crippen LogP contribution in [0.25, 0.3) is 0 Å². The maximum atomic E-state index is 10.8. The first-order valence-corrected chi connectivity index (χ1v) is 3.98. The van der Waals surface area contributed by atoms with Crippen molar-refractivity contribution in [2.24, 2.45) is 0 Å². The Morgan fingerprint density at radius 3 is 2.50 bits per heavy atom. The molecule has 0 aromatic heterocycles. The van der Waals surface area contributed by atoms with E-state index in [-0.39, 0.29) is 0 Å². The summed E-state index contributed by atoms with van der Waals surface area (Å²) in [6, 6.07) is 0. The van der Waals surface area contributed by atoms with Gasteiger partial charge in [-0.05, 0) is 13.3 Å². The Labute approximate surface area is 72.0 Å². The number of carbonyl (C=O) groups excluding carboxylic acids is 1. The Hall–Kier alpha value is -0.870. The molecule has 0 radical (unpaired) electrons. The quantitative estimate of drug-likeness (QED) is 0.294. The van der Waals surface area contributed by atoms with Gasteiger partial charge in [0.2, 0.25) is 0 Å². The monoisotopic (exact) mass is 173 g/mol. The van der Waals surface area contributed by atoms with E-state index in [9.17, 15) is 4.79 Å². The van der Waals surface area contributed by atoms with Crippen LogP contribution in [0.5, 0.6) is 0 Å². The Morgan fingerprint density at radius 1 is 1.50 bits per heavy atom. The molecule has 1 amide bonds. The van der Waals surface area contributed by atoms with Crippen molar-refractivity contribution in [2.75, 3.05) is 0 Å². The second-order valence-corrected chi connectivity index (χ2v) is 2.62. The van der Waals surface area contributed by atoms with Gasteiger partial charge in [-0.1, -0.05) is 31.1 Å². The minimum absolute atomic E-state index is 0.355. The fraction of sp³-hybridized carbons (Fsp3) is 0.625. The minimum Gasteiger partial charge on any atom is -0.265 e. The van der Waals surface area contributed by atoms with Crippen LogP contribution in [0.2, 0.25) is 0 Å². The standard InChI is InChI=1S/C8H15NO3/c1-3-4-5-6-7(2)8(10)9(11)12/h6,11-12H,3-5H2,1-2H3. The molecule has 70 valence electrons. The molecule has 12 heavy (non-hydrogen) atoms. The summed E-state index contributed by atoms with van der Waals surface area (Å²) >= 11 is 0. The molecule has 2 N–H and O–H groups in total. The van der Waals surface area contributed by atoms with Gasteiger partial charge < -0.3 is 0 Å². The number of unbranched alkanes of at least 4 members (excludes halogenated alkanes) is 2. The van der Waals surface area contributed by atoms with E-state index >= 15 is 0 Å². The molecule has 0 bridgehead atoms. The van der Waals surface area contributed by atoms with Crippen molar-refractivity contribution >= 4 is 5.91 Å². The lowest BCUT2D eigenvalue weighted by Gasteiger charge is -2.05. The van der Waals surface area contributed by atoms with E-state index in [1.807, 2.05) is 0 Å². The van der Waals surface area contributed by atoms with E-state index in [0.29, 0.717) is 5.57 Å². The highest BCUT2D eigenvalue weighted by Crippen LogP contribution is 2.02. The molecule has 0 heterocycles. The van der Waals surface area contributed by atoms with Gasteiger partial charge >= 0.3 is 0 Å². The zero-order valence-electron chi connectivity index (χ0n) is 7.45. The fourth-order valence-corrected chi connectivity index (χ4v) is 0.768. The maximum Gasteiger partial charge on any atom is 0.298 e. The van der Waals surface area contributed by atoms with Crippen molar-refractivity contribution in [3.8, 4) is 0 Å². The molecule has 0 aliphatic heterocycles. The van der Waals surface area contributed by atoms with Crippen molar-refractivity contribution in [1.82, 2.24) is 5.23 Å². The van der Waals surface area contributed by atoms with E-state index in [1.54, 1.807) is 13.0 Å². The van der Waals surface area contributed by atoms with Crippen LogP contribution < -0.4 is 0 Å². The zero-order chi connectivity index (χ0) is 9.56. The normalized spacial score (nSPS) is 11.5. The average Bonchev–Trinajstić information content (AvgIpc) is 2.03. The van der Waals surface area contributed by atoms with Gasteiger partial charge in [0.15, 0.2) is 0 Å². The highest BCUT2D eigenvalue weighted by atomic mass is 16.8. The molecule has 0 fully saturated rings. The number of nitrogens with zero attached hydrogens (tertiary/aromatic N) is 1. The Bertz CT molecular complexity index is 175. The highest BCUT2D eigenvalue weighted by Gasteiger charge is 2.08. The second kappa shape index (κ2) is 5.74. The average molecular weight is 173 g/mol. The number of hydroxylamine groups is 2. The molecule has 0 aromatic rings. The number of amides is 1. The summed E-state index contributed by atoms with van der Waals surface area (Å²) in [5.74, 6) is -0.772. The Morgan fingerprint density at radius 2 is 2.08 bits per heavy atom. The predicted octanol–water partition coefficient (Wildman–Crippen LogP) is 1.73. The Balaban J connectivity index is 3.91. The SMILES string of the molecule is CCCCC=C(C)C(=O)N(O)O. The van der Waals surface area contributed by atoms with Crippen molar-refractivity contribution in [3.05, 3.63) is 11.6 Å². The third-order valence-corrected chi connectivity index (χ3v) is 1.53. The summed E-state index contributed by atoms with van der Waals surface area (Å²) in [7, 11) is 0. The lowest BCUT2D eigenvalue weighted by Crippen LogP contribution is -2.23. The van der Waals surface area contributed by atoms with Gasteiger partial charge in [0.1, 0.15) is 0 Å². The first-order chi connectivity index (χ1) is 5.59. The van der Waals surface area contributed by atoms with Gasteiger partial charge in [0.05, 0.1) is 0 Å². The van der Waals surface area contributed by atoms with Crippen molar-refractivity contribution < 1.29 is 15.2 Å². The second-order valence-electron chi connectivity index (χ2n) is 2.62. The maximum absolute atomic E-state index is 10.8. The summed E-state index contributed by atoms with van der Waals surface area (Å²) in [4.78, 5) is 10.8. The number of hydrogen-bond acceptors (Lipinski definition) is 3. The molecule has 0 spiro atoms. The van der Waals surface area contributed by atoms with Gasteiger partial charge in [0.25, 0.3) is 5.91 Å². The van der Waals surface area contributed by atoms with Gasteiger partial charge in [-0.2, -0.15) is 0 Å². The molecular weight excluding hydrogens is 158 g/mol. The van der Waals surface area contributed by atoms with Crippen LogP contribution in [-0.2, 0) is 4.79 Å². The first kappa shape index (κ1) is 11.1. The minimum atomic E-state index is -0.772. The molecule has 4 nitrogen and oxygen atoms in total. The molecule has 0 saturated carbocycles. The van der Waals surface area contributed by atoms with E-state index in [4.69, 9.17) is 10.4 Å². The number of rotatable bonds is 4. The molecule has 0 unspecified atom stereocenters. The third-order valence-electron chi connectivity index (χ3n) is 1.53. The van der Waals surface area contributed by atoms with Gasteiger partial charge in [-0.25, -0.2) is 0 Å². The third kappa shape index (κ3) is 4.10. The molecule has 4 heteroatoms. The van der Waals surface area contributed by atoms with Crippen LogP contribution in [0.15, 0.2) is 11.6 Å². The van der Waals surface area contributed by atoms with Crippen LogP contribution in [-0.4, -0.2) is 21.5 Å². The number of hydrogen-bond donors (Lipinski definition) is 2. The van der Waals surface area contributed by atoms with Crippen LogP contribution in [0.3, 0.4) is 0 Å². The summed E-state index contributed by atoms with van der Waals surface area (Å²) in [5, 5.41) is 16.3. The largest absolute Gasteiger partial charge is 0.298 e. The zero-order valence-corrected chi connectivity index (χ0v) is 7.45. The summed E-state index contributed by atoms with van der Waals surface area (Å²) in [6.45, 7) is 3.60. The number of carbonyl (C=O) groups is 1. The summed E-state index contributed by atoms with van der Waals surface area (Å²) in [5.41, 5.74) is 0.355. The topological polar surface area (TPSA) is 60.8 Å². The van der Waals surface area contributed by atoms with Gasteiger partial charge in [-0.15, -0.1) is 0 Å². The molecule has 0 rings (SSSR count). The van der Waals surface area contributed by atoms with E-state index < -0.39 is 11.1 Å². The Kier molecular flexibility index (Phi) is 5.32. The van der Waals surface area contributed by atoms with E-state index in [2.05, 4.69) is 6.92 Å². The highest BCUT2D eigenvalue weighted by molar-refractivity contribution is 5.91. The van der Waals surface area contributed by atoms with Gasteiger partial charge in [-0.3, -0.25) is 15.2 Å². The fourth-order valence-electron chi connectivity index (χ4n) is 0.768. The summed E-state index contributed by atoms with van der Waals surface area (Å²) < 4.78 is 0. The van der Waals surface area contributed by atoms with Crippen molar-refractivity contribution in [1.29, 1.82) is 0 Å². The smallest absolute Gasteiger partial charge is 0.265 e. The molecule has 0 aliphatic rings. The lowest BCUT2D eigenvalue weighted by molar-refractivity contribution is -0.281. The predicted molar refractivity (Wildman–Crippen MR) is 43.7 cm³/mol. The lowest BCUT2D eigenvalue weighted by atomic mass is 10.2. The molecule has 0 atom stereocenters. The van der Waals surface area contributed by atoms with E-state index in [0.717, 1.165) is 19.3 Å². The van der Waals surface area contributed by atoms with E-state index in [1.165, 1.54) is 0 Å². The molecule has 0 aliphatic carbocycles. The van der Waals surface area contributed by atoms with Crippen LogP contribution in [0.1, 0.15) is 33.1 Å². The van der Waals surface area contributed by atoms with Crippen LogP contribution in [0, 0.1) is 0 Å². The summed E-state index contributed by atoms with van der Waals surface area (Å²) in [6.07, 6.45) is 4.55. The van der Waals surface area contributed by atoms with Gasteiger partial charge in [0, 0.05) is 5.57 Å². The van der Waals surface area contributed by atoms with Crippen LogP contribution in [0.4, 0.5) is 0 Å².